The first kappa shape index (κ1) is 25.4. The zero-order valence-electron chi connectivity index (χ0n) is 19.7. The molecule has 0 aliphatic carbocycles. The van der Waals surface area contributed by atoms with Crippen molar-refractivity contribution >= 4 is 27.5 Å². The summed E-state index contributed by atoms with van der Waals surface area (Å²) >= 11 is 0. The van der Waals surface area contributed by atoms with Crippen molar-refractivity contribution in [2.75, 3.05) is 24.2 Å². The van der Waals surface area contributed by atoms with E-state index in [1.807, 2.05) is 58.0 Å². The van der Waals surface area contributed by atoms with Crippen LogP contribution in [0.15, 0.2) is 42.5 Å². The lowest BCUT2D eigenvalue weighted by Crippen LogP contribution is -2.51. The maximum absolute atomic E-state index is 13.5. The number of carbonyl (C=O) groups excluding carboxylic acids is 2. The van der Waals surface area contributed by atoms with Crippen LogP contribution in [0, 0.1) is 20.8 Å². The molecule has 0 fully saturated rings. The number of hydrogen-bond acceptors (Lipinski definition) is 4. The quantitative estimate of drug-likeness (QED) is 0.625. The van der Waals surface area contributed by atoms with E-state index in [-0.39, 0.29) is 19.0 Å². The Morgan fingerprint density at radius 2 is 1.62 bits per heavy atom. The van der Waals surface area contributed by atoms with Gasteiger partial charge >= 0.3 is 0 Å². The summed E-state index contributed by atoms with van der Waals surface area (Å²) in [4.78, 5) is 27.4. The van der Waals surface area contributed by atoms with Gasteiger partial charge in [-0.05, 0) is 56.0 Å². The van der Waals surface area contributed by atoms with Crippen molar-refractivity contribution in [2.24, 2.45) is 0 Å². The number of nitrogens with one attached hydrogen (secondary N) is 1. The summed E-state index contributed by atoms with van der Waals surface area (Å²) < 4.78 is 26.3. The molecule has 0 saturated heterocycles. The molecule has 0 heterocycles. The number of nitrogens with zero attached hydrogens (tertiary/aromatic N) is 2. The molecule has 0 bridgehead atoms. The fourth-order valence-corrected chi connectivity index (χ4v) is 4.31. The van der Waals surface area contributed by atoms with Gasteiger partial charge < -0.3 is 10.2 Å². The van der Waals surface area contributed by atoms with Crippen molar-refractivity contribution in [1.29, 1.82) is 0 Å². The van der Waals surface area contributed by atoms with Gasteiger partial charge in [0.1, 0.15) is 12.6 Å². The average molecular weight is 460 g/mol. The van der Waals surface area contributed by atoms with E-state index in [1.165, 1.54) is 11.9 Å². The summed E-state index contributed by atoms with van der Waals surface area (Å²) in [5.74, 6) is -0.727. The number of anilines is 1. The van der Waals surface area contributed by atoms with E-state index in [1.54, 1.807) is 12.1 Å². The minimum atomic E-state index is -3.73. The summed E-state index contributed by atoms with van der Waals surface area (Å²) in [6, 6.07) is 12.3. The third kappa shape index (κ3) is 6.32. The maximum atomic E-state index is 13.5. The van der Waals surface area contributed by atoms with Gasteiger partial charge in [-0.3, -0.25) is 13.9 Å². The molecule has 2 aromatic carbocycles. The molecule has 2 amide bonds. The van der Waals surface area contributed by atoms with Crippen LogP contribution in [0.1, 0.15) is 35.6 Å². The zero-order valence-corrected chi connectivity index (χ0v) is 20.5. The van der Waals surface area contributed by atoms with Crippen molar-refractivity contribution in [3.05, 3.63) is 64.7 Å². The summed E-state index contributed by atoms with van der Waals surface area (Å²) in [5.41, 5.74) is 4.33. The number of aryl methyl sites for hydroxylation is 3. The molecule has 0 unspecified atom stereocenters. The van der Waals surface area contributed by atoms with Crippen LogP contribution in [-0.2, 0) is 26.2 Å². The first-order chi connectivity index (χ1) is 15.0. The van der Waals surface area contributed by atoms with Crippen LogP contribution in [0.3, 0.4) is 0 Å². The van der Waals surface area contributed by atoms with Crippen molar-refractivity contribution in [1.82, 2.24) is 10.2 Å². The number of sulfonamides is 1. The molecule has 7 nitrogen and oxygen atoms in total. The third-order valence-electron chi connectivity index (χ3n) is 5.56. The second-order valence-corrected chi connectivity index (χ2v) is 9.99. The maximum Gasteiger partial charge on any atom is 0.244 e. The average Bonchev–Trinajstić information content (AvgIpc) is 2.74. The highest BCUT2D eigenvalue weighted by atomic mass is 32.2. The third-order valence-corrected chi connectivity index (χ3v) is 6.70. The molecule has 0 spiro atoms. The number of benzene rings is 2. The monoisotopic (exact) mass is 459 g/mol. The molecule has 0 saturated carbocycles. The normalized spacial score (nSPS) is 12.2. The molecule has 0 aromatic heterocycles. The lowest BCUT2D eigenvalue weighted by atomic mass is 10.1. The minimum absolute atomic E-state index is 0.204. The summed E-state index contributed by atoms with van der Waals surface area (Å²) in [6.45, 7) is 7.44. The Bertz CT molecular complexity index is 1070. The fourth-order valence-electron chi connectivity index (χ4n) is 3.47. The van der Waals surface area contributed by atoms with Crippen LogP contribution >= 0.6 is 0 Å². The van der Waals surface area contributed by atoms with Crippen molar-refractivity contribution in [2.45, 2.75) is 46.7 Å². The molecule has 2 rings (SSSR count). The lowest BCUT2D eigenvalue weighted by Gasteiger charge is -2.32. The SMILES string of the molecule is CC[C@@H](C(=O)NC)N(Cc1ccc(C)cc1)C(=O)CN(c1ccc(C)c(C)c1)S(C)(=O)=O. The van der Waals surface area contributed by atoms with E-state index in [0.717, 1.165) is 32.8 Å². The Kier molecular flexibility index (Phi) is 8.44. The highest BCUT2D eigenvalue weighted by Gasteiger charge is 2.31. The smallest absolute Gasteiger partial charge is 0.244 e. The topological polar surface area (TPSA) is 86.8 Å². The summed E-state index contributed by atoms with van der Waals surface area (Å²) in [7, 11) is -2.20. The van der Waals surface area contributed by atoms with Crippen LogP contribution in [0.2, 0.25) is 0 Å². The molecular weight excluding hydrogens is 426 g/mol. The van der Waals surface area contributed by atoms with Gasteiger partial charge in [-0.25, -0.2) is 8.42 Å². The fraction of sp³-hybridized carbons (Fsp3) is 0.417. The van der Waals surface area contributed by atoms with Gasteiger partial charge in [0.15, 0.2) is 0 Å². The Morgan fingerprint density at radius 1 is 1.00 bits per heavy atom. The largest absolute Gasteiger partial charge is 0.357 e. The van der Waals surface area contributed by atoms with E-state index in [9.17, 15) is 18.0 Å². The summed E-state index contributed by atoms with van der Waals surface area (Å²) in [5, 5.41) is 2.61. The van der Waals surface area contributed by atoms with E-state index < -0.39 is 22.0 Å². The molecule has 32 heavy (non-hydrogen) atoms. The van der Waals surface area contributed by atoms with E-state index in [4.69, 9.17) is 0 Å². The predicted octanol–water partition coefficient (Wildman–Crippen LogP) is 2.93. The summed E-state index contributed by atoms with van der Waals surface area (Å²) in [6.07, 6.45) is 1.48. The number of carbonyl (C=O) groups is 2. The zero-order chi connectivity index (χ0) is 24.1. The van der Waals surface area contributed by atoms with Crippen molar-refractivity contribution in [3.8, 4) is 0 Å². The van der Waals surface area contributed by atoms with E-state index in [2.05, 4.69) is 5.32 Å². The van der Waals surface area contributed by atoms with Gasteiger partial charge in [0.25, 0.3) is 0 Å². The van der Waals surface area contributed by atoms with Crippen LogP contribution in [0.25, 0.3) is 0 Å². The van der Waals surface area contributed by atoms with E-state index in [0.29, 0.717) is 12.1 Å². The number of amides is 2. The first-order valence-corrected chi connectivity index (χ1v) is 12.4. The minimum Gasteiger partial charge on any atom is -0.357 e. The van der Waals surface area contributed by atoms with Gasteiger partial charge in [-0.2, -0.15) is 0 Å². The Hall–Kier alpha value is -2.87. The number of hydrogen-bond donors (Lipinski definition) is 1. The molecular formula is C24H33N3O4S. The number of likely N-dealkylation sites (N-methyl/N-ethyl adjacent to an activating group) is 1. The molecule has 174 valence electrons. The molecule has 2 aromatic rings. The van der Waals surface area contributed by atoms with Gasteiger partial charge in [-0.15, -0.1) is 0 Å². The van der Waals surface area contributed by atoms with Crippen molar-refractivity contribution in [3.63, 3.8) is 0 Å². The van der Waals surface area contributed by atoms with Gasteiger partial charge in [0, 0.05) is 13.6 Å². The molecule has 8 heteroatoms. The van der Waals surface area contributed by atoms with Crippen LogP contribution < -0.4 is 9.62 Å². The Labute approximate surface area is 191 Å². The molecule has 1 N–H and O–H groups in total. The second kappa shape index (κ2) is 10.6. The standard InChI is InChI=1S/C24H33N3O4S/c1-7-22(24(29)25-5)26(15-20-11-8-17(2)9-12-20)23(28)16-27(32(6,30)31)21-13-10-18(3)19(4)14-21/h8-14,22H,7,15-16H2,1-6H3,(H,25,29)/t22-/m0/s1. The van der Waals surface area contributed by atoms with Gasteiger partial charge in [0.05, 0.1) is 11.9 Å². The van der Waals surface area contributed by atoms with Crippen LogP contribution in [0.4, 0.5) is 5.69 Å². The van der Waals surface area contributed by atoms with E-state index >= 15 is 0 Å². The van der Waals surface area contributed by atoms with Gasteiger partial charge in [0.2, 0.25) is 21.8 Å². The number of rotatable bonds is 9. The predicted molar refractivity (Wildman–Crippen MR) is 128 cm³/mol. The van der Waals surface area contributed by atoms with Crippen LogP contribution in [0.5, 0.6) is 0 Å². The lowest BCUT2D eigenvalue weighted by molar-refractivity contribution is -0.140. The van der Waals surface area contributed by atoms with Crippen molar-refractivity contribution < 1.29 is 18.0 Å². The second-order valence-electron chi connectivity index (χ2n) is 8.08. The highest BCUT2D eigenvalue weighted by Crippen LogP contribution is 2.22. The Balaban J connectivity index is 2.43. The van der Waals surface area contributed by atoms with Gasteiger partial charge in [-0.1, -0.05) is 42.8 Å². The Morgan fingerprint density at radius 3 is 2.12 bits per heavy atom. The molecule has 0 radical (unpaired) electrons. The first-order valence-electron chi connectivity index (χ1n) is 10.6. The molecule has 1 atom stereocenters. The molecule has 0 aliphatic rings. The highest BCUT2D eigenvalue weighted by molar-refractivity contribution is 7.92. The van der Waals surface area contributed by atoms with Crippen LogP contribution in [-0.4, -0.2) is 51.0 Å². The molecule has 0 aliphatic heterocycles.